The standard InChI is InChI=1S/C15H11IN4O2/c16-10-3-5-11(6-4-10)19-13(21)8-20-9-18-14-12(15(20)22)2-1-7-17-14/h1-7,9H,8H2,(H,19,21). The van der Waals surface area contributed by atoms with E-state index < -0.39 is 0 Å². The molecule has 1 aromatic carbocycles. The number of aromatic nitrogens is 3. The second-order valence-corrected chi connectivity index (χ2v) is 5.85. The molecular weight excluding hydrogens is 395 g/mol. The number of anilines is 1. The van der Waals surface area contributed by atoms with E-state index in [9.17, 15) is 9.59 Å². The first-order valence-electron chi connectivity index (χ1n) is 6.49. The molecule has 2 heterocycles. The Morgan fingerprint density at radius 3 is 2.73 bits per heavy atom. The zero-order chi connectivity index (χ0) is 15.5. The lowest BCUT2D eigenvalue weighted by molar-refractivity contribution is -0.116. The fourth-order valence-electron chi connectivity index (χ4n) is 2.00. The molecule has 0 saturated carbocycles. The average Bonchev–Trinajstić information content (AvgIpc) is 2.53. The van der Waals surface area contributed by atoms with E-state index in [1.165, 1.54) is 10.9 Å². The summed E-state index contributed by atoms with van der Waals surface area (Å²) in [7, 11) is 0. The lowest BCUT2D eigenvalue weighted by Gasteiger charge is -2.07. The first kappa shape index (κ1) is 14.6. The quantitative estimate of drug-likeness (QED) is 0.676. The highest BCUT2D eigenvalue weighted by atomic mass is 127. The summed E-state index contributed by atoms with van der Waals surface area (Å²) in [5, 5.41) is 3.14. The fourth-order valence-corrected chi connectivity index (χ4v) is 2.36. The Morgan fingerprint density at radius 1 is 1.18 bits per heavy atom. The predicted molar refractivity (Wildman–Crippen MR) is 91.6 cm³/mol. The fraction of sp³-hybridized carbons (Fsp3) is 0.0667. The van der Waals surface area contributed by atoms with Crippen molar-refractivity contribution in [3.8, 4) is 0 Å². The predicted octanol–water partition coefficient (Wildman–Crippen LogP) is 2.03. The number of nitrogens with one attached hydrogen (secondary N) is 1. The van der Waals surface area contributed by atoms with Crippen LogP contribution in [0.4, 0.5) is 5.69 Å². The molecule has 0 fully saturated rings. The average molecular weight is 406 g/mol. The molecule has 0 radical (unpaired) electrons. The third-order valence-electron chi connectivity index (χ3n) is 3.04. The first-order chi connectivity index (χ1) is 10.6. The molecule has 3 aromatic rings. The number of rotatable bonds is 3. The SMILES string of the molecule is O=C(Cn1cnc2ncccc2c1=O)Nc1ccc(I)cc1. The Hall–Kier alpha value is -2.29. The highest BCUT2D eigenvalue weighted by Gasteiger charge is 2.08. The van der Waals surface area contributed by atoms with E-state index in [1.807, 2.05) is 24.3 Å². The summed E-state index contributed by atoms with van der Waals surface area (Å²) in [4.78, 5) is 32.4. The second kappa shape index (κ2) is 6.22. The number of benzene rings is 1. The van der Waals surface area contributed by atoms with Gasteiger partial charge in [0.25, 0.3) is 5.56 Å². The van der Waals surface area contributed by atoms with E-state index in [0.29, 0.717) is 16.7 Å². The van der Waals surface area contributed by atoms with Gasteiger partial charge in [0.1, 0.15) is 12.9 Å². The minimum Gasteiger partial charge on any atom is -0.325 e. The highest BCUT2D eigenvalue weighted by Crippen LogP contribution is 2.11. The maximum atomic E-state index is 12.3. The van der Waals surface area contributed by atoms with Gasteiger partial charge in [0.15, 0.2) is 5.65 Å². The molecule has 0 spiro atoms. The van der Waals surface area contributed by atoms with Gasteiger partial charge in [-0.1, -0.05) is 0 Å². The maximum absolute atomic E-state index is 12.3. The number of carbonyl (C=O) groups excluding carboxylic acids is 1. The number of pyridine rings is 1. The van der Waals surface area contributed by atoms with Crippen LogP contribution in [0.1, 0.15) is 0 Å². The molecule has 0 saturated heterocycles. The van der Waals surface area contributed by atoms with Crippen LogP contribution in [-0.2, 0) is 11.3 Å². The van der Waals surface area contributed by atoms with Crippen LogP contribution in [-0.4, -0.2) is 20.4 Å². The Labute approximate surface area is 139 Å². The molecule has 7 heteroatoms. The number of halogens is 1. The molecular formula is C15H11IN4O2. The minimum atomic E-state index is -0.284. The number of fused-ring (bicyclic) bond motifs is 1. The molecule has 0 unspecified atom stereocenters. The summed E-state index contributed by atoms with van der Waals surface area (Å²) in [6.07, 6.45) is 2.91. The van der Waals surface area contributed by atoms with Crippen molar-refractivity contribution in [2.24, 2.45) is 0 Å². The monoisotopic (exact) mass is 406 g/mol. The molecule has 0 aliphatic rings. The number of amides is 1. The van der Waals surface area contributed by atoms with Crippen LogP contribution in [0.2, 0.25) is 0 Å². The van der Waals surface area contributed by atoms with Gasteiger partial charge in [-0.2, -0.15) is 0 Å². The van der Waals surface area contributed by atoms with E-state index >= 15 is 0 Å². The van der Waals surface area contributed by atoms with Crippen molar-refractivity contribution in [3.05, 3.63) is 62.8 Å². The molecule has 0 atom stereocenters. The van der Waals surface area contributed by atoms with Gasteiger partial charge in [-0.15, -0.1) is 0 Å². The van der Waals surface area contributed by atoms with Crippen LogP contribution in [0.5, 0.6) is 0 Å². The van der Waals surface area contributed by atoms with Crippen molar-refractivity contribution in [1.82, 2.24) is 14.5 Å². The van der Waals surface area contributed by atoms with Crippen molar-refractivity contribution < 1.29 is 4.79 Å². The van der Waals surface area contributed by atoms with Gasteiger partial charge in [-0.05, 0) is 59.0 Å². The number of hydrogen-bond donors (Lipinski definition) is 1. The van der Waals surface area contributed by atoms with E-state index in [0.717, 1.165) is 3.57 Å². The Bertz CT molecular complexity index is 890. The van der Waals surface area contributed by atoms with Crippen molar-refractivity contribution in [3.63, 3.8) is 0 Å². The molecule has 0 bridgehead atoms. The summed E-state index contributed by atoms with van der Waals surface area (Å²) >= 11 is 2.19. The lowest BCUT2D eigenvalue weighted by Crippen LogP contribution is -2.28. The summed E-state index contributed by atoms with van der Waals surface area (Å²) in [5.74, 6) is -0.284. The summed E-state index contributed by atoms with van der Waals surface area (Å²) in [5.41, 5.74) is 0.784. The van der Waals surface area contributed by atoms with Crippen LogP contribution in [0.15, 0.2) is 53.7 Å². The van der Waals surface area contributed by atoms with Crippen molar-refractivity contribution in [2.75, 3.05) is 5.32 Å². The lowest BCUT2D eigenvalue weighted by atomic mass is 10.3. The Balaban J connectivity index is 1.81. The molecule has 6 nitrogen and oxygen atoms in total. The third kappa shape index (κ3) is 3.14. The summed E-state index contributed by atoms with van der Waals surface area (Å²) in [6, 6.07) is 10.7. The van der Waals surface area contributed by atoms with Crippen LogP contribution in [0.3, 0.4) is 0 Å². The van der Waals surface area contributed by atoms with Gasteiger partial charge in [0, 0.05) is 15.5 Å². The Morgan fingerprint density at radius 2 is 1.95 bits per heavy atom. The molecule has 22 heavy (non-hydrogen) atoms. The largest absolute Gasteiger partial charge is 0.325 e. The van der Waals surface area contributed by atoms with Gasteiger partial charge < -0.3 is 5.32 Å². The van der Waals surface area contributed by atoms with E-state index in [1.54, 1.807) is 18.3 Å². The Kier molecular flexibility index (Phi) is 4.14. The normalized spacial score (nSPS) is 10.6. The number of hydrogen-bond acceptors (Lipinski definition) is 4. The van der Waals surface area contributed by atoms with Gasteiger partial charge >= 0.3 is 0 Å². The highest BCUT2D eigenvalue weighted by molar-refractivity contribution is 14.1. The molecule has 0 aliphatic carbocycles. The zero-order valence-electron chi connectivity index (χ0n) is 11.4. The smallest absolute Gasteiger partial charge is 0.263 e. The van der Waals surface area contributed by atoms with Gasteiger partial charge in [0.2, 0.25) is 5.91 Å². The van der Waals surface area contributed by atoms with Gasteiger partial charge in [0.05, 0.1) is 5.39 Å². The van der Waals surface area contributed by atoms with Crippen LogP contribution >= 0.6 is 22.6 Å². The molecule has 0 aliphatic heterocycles. The second-order valence-electron chi connectivity index (χ2n) is 4.61. The van der Waals surface area contributed by atoms with E-state index in [4.69, 9.17) is 0 Å². The van der Waals surface area contributed by atoms with E-state index in [-0.39, 0.29) is 18.0 Å². The van der Waals surface area contributed by atoms with Gasteiger partial charge in [-0.3, -0.25) is 14.2 Å². The van der Waals surface area contributed by atoms with Crippen molar-refractivity contribution in [2.45, 2.75) is 6.54 Å². The maximum Gasteiger partial charge on any atom is 0.263 e. The minimum absolute atomic E-state index is 0.0946. The first-order valence-corrected chi connectivity index (χ1v) is 7.57. The van der Waals surface area contributed by atoms with Crippen LogP contribution < -0.4 is 10.9 Å². The summed E-state index contributed by atoms with van der Waals surface area (Å²) < 4.78 is 2.35. The third-order valence-corrected chi connectivity index (χ3v) is 3.76. The van der Waals surface area contributed by atoms with Crippen molar-refractivity contribution in [1.29, 1.82) is 0 Å². The molecule has 1 N–H and O–H groups in total. The molecule has 110 valence electrons. The van der Waals surface area contributed by atoms with E-state index in [2.05, 4.69) is 37.9 Å². The van der Waals surface area contributed by atoms with Crippen molar-refractivity contribution >= 4 is 45.2 Å². The van der Waals surface area contributed by atoms with Gasteiger partial charge in [-0.25, -0.2) is 9.97 Å². The molecule has 3 rings (SSSR count). The topological polar surface area (TPSA) is 76.9 Å². The molecule has 1 amide bonds. The summed E-state index contributed by atoms with van der Waals surface area (Å²) in [6.45, 7) is -0.0946. The van der Waals surface area contributed by atoms with Crippen LogP contribution in [0, 0.1) is 3.57 Å². The van der Waals surface area contributed by atoms with Crippen LogP contribution in [0.25, 0.3) is 11.0 Å². The number of carbonyl (C=O) groups is 1. The molecule has 2 aromatic heterocycles. The zero-order valence-corrected chi connectivity index (χ0v) is 13.5. The number of nitrogens with zero attached hydrogens (tertiary/aromatic N) is 3.